The largest absolute Gasteiger partial charge is 0.373 e. The van der Waals surface area contributed by atoms with E-state index in [1.165, 1.54) is 15.6 Å². The number of aromatic nitrogens is 2. The Balaban J connectivity index is 1.65. The predicted molar refractivity (Wildman–Crippen MR) is 150 cm³/mol. The Morgan fingerprint density at radius 1 is 0.946 bits per heavy atom. The maximum atomic E-state index is 14.2. The minimum atomic E-state index is -1.95. The van der Waals surface area contributed by atoms with Crippen LogP contribution in [0.5, 0.6) is 0 Å². The fourth-order valence-corrected chi connectivity index (χ4v) is 7.77. The molecule has 8 heteroatoms. The molecule has 1 aliphatic rings. The lowest BCUT2D eigenvalue weighted by Gasteiger charge is -2.24. The minimum absolute atomic E-state index is 0.102. The van der Waals surface area contributed by atoms with Crippen LogP contribution < -0.4 is 21.6 Å². The molecule has 191 valence electrons. The Hall–Kier alpha value is -3.04. The summed E-state index contributed by atoms with van der Waals surface area (Å²) in [6, 6.07) is 23.6. The van der Waals surface area contributed by atoms with Gasteiger partial charge >= 0.3 is 5.69 Å². The summed E-state index contributed by atoms with van der Waals surface area (Å²) in [6.07, 6.45) is 2.60. The van der Waals surface area contributed by atoms with Crippen molar-refractivity contribution < 1.29 is 9.47 Å². The van der Waals surface area contributed by atoms with Crippen LogP contribution in [0.2, 0.25) is 0 Å². The predicted octanol–water partition coefficient (Wildman–Crippen LogP) is 3.89. The van der Waals surface area contributed by atoms with Gasteiger partial charge in [-0.05, 0) is 55.4 Å². The fraction of sp³-hybridized carbons (Fsp3) is 0.310. The zero-order valence-corrected chi connectivity index (χ0v) is 23.1. The van der Waals surface area contributed by atoms with Gasteiger partial charge in [0.05, 0.1) is 23.9 Å². The number of hydrogen-bond donors (Lipinski definition) is 0. The second-order valence-corrected chi connectivity index (χ2v) is 13.4. The second kappa shape index (κ2) is 10.7. The molecule has 2 aromatic heterocycles. The van der Waals surface area contributed by atoms with Crippen LogP contribution in [-0.4, -0.2) is 36.1 Å². The van der Waals surface area contributed by atoms with Crippen LogP contribution >= 0.6 is 11.3 Å². The summed E-state index contributed by atoms with van der Waals surface area (Å²) in [7, 11) is -1.95. The number of nitrogens with zero attached hydrogens (tertiary/aromatic N) is 2. The number of rotatable bonds is 7. The van der Waals surface area contributed by atoms with E-state index in [4.69, 9.17) is 9.47 Å². The maximum absolute atomic E-state index is 14.2. The van der Waals surface area contributed by atoms with E-state index in [1.807, 2.05) is 98.9 Å². The van der Waals surface area contributed by atoms with Crippen LogP contribution in [0.3, 0.4) is 0 Å². The molecule has 4 aromatic rings. The molecule has 1 unspecified atom stereocenters. The van der Waals surface area contributed by atoms with Gasteiger partial charge in [0.2, 0.25) is 0 Å². The van der Waals surface area contributed by atoms with Crippen LogP contribution in [0, 0.1) is 0 Å². The smallest absolute Gasteiger partial charge is 0.325 e. The normalized spacial score (nSPS) is 17.9. The number of hydrogen-bond acceptors (Lipinski definition) is 5. The molecule has 1 radical (unpaired) electrons. The molecule has 0 N–H and O–H groups in total. The summed E-state index contributed by atoms with van der Waals surface area (Å²) in [6.45, 7) is 6.52. The van der Waals surface area contributed by atoms with Crippen LogP contribution in [-0.2, 0) is 9.47 Å². The highest BCUT2D eigenvalue weighted by Crippen LogP contribution is 2.29. The van der Waals surface area contributed by atoms with Crippen molar-refractivity contribution in [2.24, 2.45) is 0 Å². The zero-order chi connectivity index (χ0) is 26.0. The fourth-order valence-electron chi connectivity index (χ4n) is 4.55. The lowest BCUT2D eigenvalue weighted by molar-refractivity contribution is -0.0834. The van der Waals surface area contributed by atoms with Gasteiger partial charge in [0, 0.05) is 11.1 Å². The highest BCUT2D eigenvalue weighted by Gasteiger charge is 2.32. The topological polar surface area (TPSA) is 62.5 Å². The van der Waals surface area contributed by atoms with Gasteiger partial charge in [-0.1, -0.05) is 66.7 Å². The molecule has 5 rings (SSSR count). The van der Waals surface area contributed by atoms with Gasteiger partial charge in [0.1, 0.15) is 6.23 Å². The molecule has 0 aliphatic carbocycles. The Labute approximate surface area is 222 Å². The van der Waals surface area contributed by atoms with Crippen molar-refractivity contribution in [1.29, 1.82) is 0 Å². The van der Waals surface area contributed by atoms with E-state index >= 15 is 0 Å². The summed E-state index contributed by atoms with van der Waals surface area (Å²) in [5.41, 5.74) is -0.354. The van der Waals surface area contributed by atoms with E-state index in [1.54, 1.807) is 10.8 Å². The van der Waals surface area contributed by atoms with Gasteiger partial charge in [-0.15, -0.1) is 11.3 Å². The zero-order valence-electron chi connectivity index (χ0n) is 21.3. The van der Waals surface area contributed by atoms with Crippen molar-refractivity contribution >= 4 is 30.7 Å². The molecule has 0 saturated carbocycles. The summed E-state index contributed by atoms with van der Waals surface area (Å²) < 4.78 is 15.4. The molecule has 0 bridgehead atoms. The summed E-state index contributed by atoms with van der Waals surface area (Å²) >= 11 is 1.49. The molecule has 3 heterocycles. The molecule has 6 nitrogen and oxygen atoms in total. The first kappa shape index (κ1) is 25.6. The average molecular weight is 532 g/mol. The Morgan fingerprint density at radius 3 is 2.16 bits per heavy atom. The van der Waals surface area contributed by atoms with E-state index < -0.39 is 15.2 Å². The van der Waals surface area contributed by atoms with Crippen molar-refractivity contribution in [3.63, 3.8) is 0 Å². The SMILES string of the molecule is CC(C)(C)OC[C@@H]1CCC(n2cc(-c3cccs3)c(=O)n([Si](c3ccccc3)c3ccccc3)c2=O)O1. The summed E-state index contributed by atoms with van der Waals surface area (Å²) in [5, 5.41) is 3.88. The molecule has 37 heavy (non-hydrogen) atoms. The summed E-state index contributed by atoms with van der Waals surface area (Å²) in [5.74, 6) is 0. The molecule has 0 amide bonds. The minimum Gasteiger partial charge on any atom is -0.373 e. The van der Waals surface area contributed by atoms with Gasteiger partial charge in [-0.2, -0.15) is 0 Å². The molecular weight excluding hydrogens is 500 g/mol. The summed E-state index contributed by atoms with van der Waals surface area (Å²) in [4.78, 5) is 29.0. The Kier molecular flexibility index (Phi) is 7.44. The lowest BCUT2D eigenvalue weighted by Crippen LogP contribution is -2.59. The third-order valence-corrected chi connectivity index (χ3v) is 9.82. The monoisotopic (exact) mass is 531 g/mol. The van der Waals surface area contributed by atoms with E-state index in [9.17, 15) is 9.59 Å². The molecule has 2 aromatic carbocycles. The van der Waals surface area contributed by atoms with Crippen molar-refractivity contribution in [3.05, 3.63) is 105 Å². The second-order valence-electron chi connectivity index (χ2n) is 10.1. The molecule has 1 saturated heterocycles. The lowest BCUT2D eigenvalue weighted by atomic mass is 10.2. The molecular formula is C29H31N2O4SSi. The molecule has 0 spiro atoms. The Bertz CT molecular complexity index is 1400. The first-order valence-electron chi connectivity index (χ1n) is 12.5. The van der Waals surface area contributed by atoms with Crippen molar-refractivity contribution in [3.8, 4) is 10.4 Å². The highest BCUT2D eigenvalue weighted by molar-refractivity contribution is 7.13. The van der Waals surface area contributed by atoms with Crippen LogP contribution in [0.1, 0.15) is 39.8 Å². The quantitative estimate of drug-likeness (QED) is 0.340. The standard InChI is InChI=1S/C29H31N2O4SSi/c1-29(2,3)34-20-21-16-17-26(35-21)30-19-24(25-15-10-18-36-25)27(32)31(28(30)33)37(22-11-6-4-7-12-22)23-13-8-5-9-14-23/h4-15,18-19,21,26H,16-17,20H2,1-3H3/t21-,26?/m0/s1. The van der Waals surface area contributed by atoms with Crippen LogP contribution in [0.15, 0.2) is 94.0 Å². The first-order chi connectivity index (χ1) is 17.8. The van der Waals surface area contributed by atoms with Crippen LogP contribution in [0.4, 0.5) is 0 Å². The third kappa shape index (κ3) is 5.62. The van der Waals surface area contributed by atoms with Gasteiger partial charge in [0.15, 0.2) is 0 Å². The first-order valence-corrected chi connectivity index (χ1v) is 14.8. The Morgan fingerprint density at radius 2 is 1.59 bits per heavy atom. The molecule has 1 aliphatic heterocycles. The molecule has 1 fully saturated rings. The van der Waals surface area contributed by atoms with Crippen molar-refractivity contribution in [2.75, 3.05) is 6.61 Å². The number of thiophene rings is 1. The highest BCUT2D eigenvalue weighted by atomic mass is 32.1. The van der Waals surface area contributed by atoms with Crippen LogP contribution in [0.25, 0.3) is 10.4 Å². The van der Waals surface area contributed by atoms with Crippen molar-refractivity contribution in [1.82, 2.24) is 8.80 Å². The van der Waals surface area contributed by atoms with Gasteiger partial charge in [-0.3, -0.25) is 13.6 Å². The van der Waals surface area contributed by atoms with E-state index in [0.717, 1.165) is 21.7 Å². The number of ether oxygens (including phenoxy) is 2. The van der Waals surface area contributed by atoms with Gasteiger partial charge in [0.25, 0.3) is 14.5 Å². The van der Waals surface area contributed by atoms with Crippen molar-refractivity contribution in [2.45, 2.75) is 51.5 Å². The van der Waals surface area contributed by atoms with E-state index in [0.29, 0.717) is 18.6 Å². The third-order valence-electron chi connectivity index (χ3n) is 6.32. The van der Waals surface area contributed by atoms with Gasteiger partial charge in [-0.25, -0.2) is 4.79 Å². The average Bonchev–Trinajstić information content (AvgIpc) is 3.59. The van der Waals surface area contributed by atoms with Gasteiger partial charge < -0.3 is 9.47 Å². The maximum Gasteiger partial charge on any atom is 0.325 e. The molecule has 2 atom stereocenters. The van der Waals surface area contributed by atoms with E-state index in [2.05, 4.69) is 0 Å². The number of benzene rings is 2. The van der Waals surface area contributed by atoms with E-state index in [-0.39, 0.29) is 23.0 Å².